The molecule has 0 saturated heterocycles. The standard InChI is InChI=1S/C12H18N2OS/c1-4-9(2)13-12(16)14-10-5-7-11(15-3)8-6-10/h5-9H,4H2,1-3H3,(H2,13,14,16)/t9-/m1/s1. The smallest absolute Gasteiger partial charge is 0.170 e. The number of rotatable bonds is 4. The van der Waals surface area contributed by atoms with Gasteiger partial charge in [0.15, 0.2) is 5.11 Å². The van der Waals surface area contributed by atoms with E-state index in [0.717, 1.165) is 17.9 Å². The quantitative estimate of drug-likeness (QED) is 0.790. The summed E-state index contributed by atoms with van der Waals surface area (Å²) in [6, 6.07) is 8.05. The lowest BCUT2D eigenvalue weighted by atomic mass is 10.3. The van der Waals surface area contributed by atoms with E-state index in [9.17, 15) is 0 Å². The van der Waals surface area contributed by atoms with Crippen LogP contribution in [0.25, 0.3) is 0 Å². The summed E-state index contributed by atoms with van der Waals surface area (Å²) in [4.78, 5) is 0. The fourth-order valence-electron chi connectivity index (χ4n) is 1.17. The molecule has 0 heterocycles. The number of thiocarbonyl (C=S) groups is 1. The fourth-order valence-corrected chi connectivity index (χ4v) is 1.49. The molecular weight excluding hydrogens is 220 g/mol. The summed E-state index contributed by atoms with van der Waals surface area (Å²) in [6.07, 6.45) is 1.05. The fraction of sp³-hybridized carbons (Fsp3) is 0.417. The Bertz CT molecular complexity index is 337. The average Bonchev–Trinajstić information content (AvgIpc) is 2.29. The number of anilines is 1. The third-order valence-electron chi connectivity index (χ3n) is 2.34. The number of hydrogen-bond acceptors (Lipinski definition) is 2. The van der Waals surface area contributed by atoms with Gasteiger partial charge in [0.2, 0.25) is 0 Å². The molecule has 0 fully saturated rings. The predicted molar refractivity (Wildman–Crippen MR) is 72.1 cm³/mol. The van der Waals surface area contributed by atoms with E-state index in [1.807, 2.05) is 24.3 Å². The summed E-state index contributed by atoms with van der Waals surface area (Å²) in [7, 11) is 1.65. The first kappa shape index (κ1) is 12.8. The Hall–Kier alpha value is -1.29. The van der Waals surface area contributed by atoms with Crippen LogP contribution in [0.15, 0.2) is 24.3 Å². The number of methoxy groups -OCH3 is 1. The highest BCUT2D eigenvalue weighted by Gasteiger charge is 2.01. The van der Waals surface area contributed by atoms with E-state index < -0.39 is 0 Å². The molecule has 0 aliphatic heterocycles. The van der Waals surface area contributed by atoms with Gasteiger partial charge < -0.3 is 15.4 Å². The van der Waals surface area contributed by atoms with Gasteiger partial charge in [0.25, 0.3) is 0 Å². The maximum absolute atomic E-state index is 5.19. The van der Waals surface area contributed by atoms with Crippen molar-refractivity contribution in [1.29, 1.82) is 0 Å². The third kappa shape index (κ3) is 4.06. The van der Waals surface area contributed by atoms with Crippen LogP contribution >= 0.6 is 12.2 Å². The highest BCUT2D eigenvalue weighted by molar-refractivity contribution is 7.80. The summed E-state index contributed by atoms with van der Waals surface area (Å²) >= 11 is 5.19. The van der Waals surface area contributed by atoms with Gasteiger partial charge in [0.05, 0.1) is 7.11 Å². The Morgan fingerprint density at radius 2 is 2.00 bits per heavy atom. The van der Waals surface area contributed by atoms with Crippen LogP contribution in [-0.2, 0) is 0 Å². The van der Waals surface area contributed by atoms with Gasteiger partial charge in [0.1, 0.15) is 5.75 Å². The average molecular weight is 238 g/mol. The zero-order chi connectivity index (χ0) is 12.0. The van der Waals surface area contributed by atoms with Crippen LogP contribution in [0.4, 0.5) is 5.69 Å². The molecule has 0 radical (unpaired) electrons. The first-order valence-electron chi connectivity index (χ1n) is 5.37. The van der Waals surface area contributed by atoms with Crippen LogP contribution in [0.1, 0.15) is 20.3 Å². The molecular formula is C12H18N2OS. The molecule has 1 rings (SSSR count). The largest absolute Gasteiger partial charge is 0.497 e. The van der Waals surface area contributed by atoms with Crippen molar-refractivity contribution in [3.8, 4) is 5.75 Å². The van der Waals surface area contributed by atoms with Crippen LogP contribution in [0.2, 0.25) is 0 Å². The number of nitrogens with one attached hydrogen (secondary N) is 2. The van der Waals surface area contributed by atoms with E-state index in [2.05, 4.69) is 24.5 Å². The van der Waals surface area contributed by atoms with Crippen molar-refractivity contribution < 1.29 is 4.74 Å². The summed E-state index contributed by atoms with van der Waals surface area (Å²) < 4.78 is 5.08. The zero-order valence-electron chi connectivity index (χ0n) is 9.91. The first-order valence-corrected chi connectivity index (χ1v) is 5.78. The Labute approximate surface area is 102 Å². The van der Waals surface area contributed by atoms with E-state index in [0.29, 0.717) is 11.2 Å². The molecule has 0 bridgehead atoms. The van der Waals surface area contributed by atoms with Gasteiger partial charge in [-0.25, -0.2) is 0 Å². The van der Waals surface area contributed by atoms with Crippen molar-refractivity contribution in [3.63, 3.8) is 0 Å². The topological polar surface area (TPSA) is 33.3 Å². The molecule has 0 aliphatic carbocycles. The molecule has 0 unspecified atom stereocenters. The van der Waals surface area contributed by atoms with Crippen molar-refractivity contribution in [1.82, 2.24) is 5.32 Å². The van der Waals surface area contributed by atoms with Crippen molar-refractivity contribution in [3.05, 3.63) is 24.3 Å². The van der Waals surface area contributed by atoms with E-state index in [1.165, 1.54) is 0 Å². The summed E-state index contributed by atoms with van der Waals surface area (Å²) in [5.74, 6) is 0.839. The monoisotopic (exact) mass is 238 g/mol. The Morgan fingerprint density at radius 1 is 1.38 bits per heavy atom. The maximum Gasteiger partial charge on any atom is 0.170 e. The van der Waals surface area contributed by atoms with E-state index in [-0.39, 0.29) is 0 Å². The molecule has 1 atom stereocenters. The lowest BCUT2D eigenvalue weighted by Gasteiger charge is -2.15. The number of benzene rings is 1. The maximum atomic E-state index is 5.19. The lowest BCUT2D eigenvalue weighted by molar-refractivity contribution is 0.415. The summed E-state index contributed by atoms with van der Waals surface area (Å²) in [5.41, 5.74) is 0.960. The molecule has 16 heavy (non-hydrogen) atoms. The van der Waals surface area contributed by atoms with Gasteiger partial charge in [-0.05, 0) is 49.8 Å². The minimum absolute atomic E-state index is 0.387. The molecule has 0 amide bonds. The van der Waals surface area contributed by atoms with Gasteiger partial charge in [-0.1, -0.05) is 6.92 Å². The van der Waals surface area contributed by atoms with E-state index >= 15 is 0 Å². The second-order valence-corrected chi connectivity index (χ2v) is 4.04. The summed E-state index contributed by atoms with van der Waals surface area (Å²) in [6.45, 7) is 4.22. The Kier molecular flexibility index (Phi) is 5.05. The molecule has 0 aromatic heterocycles. The van der Waals surface area contributed by atoms with E-state index in [4.69, 9.17) is 17.0 Å². The van der Waals surface area contributed by atoms with Gasteiger partial charge in [0, 0.05) is 11.7 Å². The van der Waals surface area contributed by atoms with Crippen LogP contribution < -0.4 is 15.4 Å². The second kappa shape index (κ2) is 6.33. The molecule has 88 valence electrons. The van der Waals surface area contributed by atoms with Crippen LogP contribution in [0.3, 0.4) is 0 Å². The van der Waals surface area contributed by atoms with Crippen molar-refractivity contribution in [2.45, 2.75) is 26.3 Å². The third-order valence-corrected chi connectivity index (χ3v) is 2.56. The first-order chi connectivity index (χ1) is 7.65. The molecule has 1 aromatic carbocycles. The molecule has 3 nitrogen and oxygen atoms in total. The SMILES string of the molecule is CC[C@@H](C)NC(=S)Nc1ccc(OC)cc1. The van der Waals surface area contributed by atoms with E-state index in [1.54, 1.807) is 7.11 Å². The van der Waals surface area contributed by atoms with Gasteiger partial charge in [-0.15, -0.1) is 0 Å². The highest BCUT2D eigenvalue weighted by atomic mass is 32.1. The second-order valence-electron chi connectivity index (χ2n) is 3.64. The van der Waals surface area contributed by atoms with Gasteiger partial charge >= 0.3 is 0 Å². The molecule has 0 spiro atoms. The Balaban J connectivity index is 2.49. The minimum atomic E-state index is 0.387. The van der Waals surface area contributed by atoms with Crippen molar-refractivity contribution in [2.24, 2.45) is 0 Å². The van der Waals surface area contributed by atoms with Crippen molar-refractivity contribution in [2.75, 3.05) is 12.4 Å². The van der Waals surface area contributed by atoms with Crippen LogP contribution in [0, 0.1) is 0 Å². The minimum Gasteiger partial charge on any atom is -0.497 e. The van der Waals surface area contributed by atoms with Crippen LogP contribution in [-0.4, -0.2) is 18.3 Å². The predicted octanol–water partition coefficient (Wildman–Crippen LogP) is 2.78. The molecule has 2 N–H and O–H groups in total. The molecule has 4 heteroatoms. The molecule has 0 saturated carbocycles. The highest BCUT2D eigenvalue weighted by Crippen LogP contribution is 2.14. The van der Waals surface area contributed by atoms with Crippen molar-refractivity contribution >= 4 is 23.0 Å². The lowest BCUT2D eigenvalue weighted by Crippen LogP contribution is -2.35. The van der Waals surface area contributed by atoms with Crippen LogP contribution in [0.5, 0.6) is 5.75 Å². The zero-order valence-corrected chi connectivity index (χ0v) is 10.7. The van der Waals surface area contributed by atoms with Gasteiger partial charge in [-0.2, -0.15) is 0 Å². The van der Waals surface area contributed by atoms with Gasteiger partial charge in [-0.3, -0.25) is 0 Å². The molecule has 1 aromatic rings. The summed E-state index contributed by atoms with van der Waals surface area (Å²) in [5, 5.41) is 6.97. The molecule has 0 aliphatic rings. The Morgan fingerprint density at radius 3 is 2.50 bits per heavy atom. The normalized spacial score (nSPS) is 11.7. The number of hydrogen-bond donors (Lipinski definition) is 2. The number of ether oxygens (including phenoxy) is 1.